The molecule has 7 heteroatoms. The molecule has 8 bridgehead atoms. The number of rotatable bonds is 5. The van der Waals surface area contributed by atoms with Crippen molar-refractivity contribution in [3.05, 3.63) is 75.4 Å². The highest BCUT2D eigenvalue weighted by Crippen LogP contribution is 2.47. The first-order valence-electron chi connectivity index (χ1n) is 14.5. The van der Waals surface area contributed by atoms with Gasteiger partial charge in [-0.05, 0) is 74.1 Å². The number of carbonyl (C=O) groups is 1. The first kappa shape index (κ1) is 27.2. The van der Waals surface area contributed by atoms with Crippen molar-refractivity contribution >= 4 is 45.3 Å². The van der Waals surface area contributed by atoms with Gasteiger partial charge in [0.2, 0.25) is 0 Å². The number of carbonyl (C=O) groups excluding carboxylic acids is 1. The Kier molecular flexibility index (Phi) is 6.73. The van der Waals surface area contributed by atoms with E-state index in [1.54, 1.807) is 0 Å². The fraction of sp³-hybridized carbons (Fsp3) is 0.382. The Morgan fingerprint density at radius 3 is 2.54 bits per heavy atom. The predicted octanol–water partition coefficient (Wildman–Crippen LogP) is 6.83. The highest BCUT2D eigenvalue weighted by Gasteiger charge is 2.39. The van der Waals surface area contributed by atoms with Crippen LogP contribution in [0.15, 0.2) is 24.8 Å². The Balaban J connectivity index is 1.74. The summed E-state index contributed by atoms with van der Waals surface area (Å²) >= 11 is 0. The van der Waals surface area contributed by atoms with E-state index < -0.39 is 6.10 Å². The van der Waals surface area contributed by atoms with E-state index in [1.165, 1.54) is 18.2 Å². The lowest BCUT2D eigenvalue weighted by molar-refractivity contribution is -0.140. The molecule has 0 spiro atoms. The van der Waals surface area contributed by atoms with Crippen LogP contribution in [0.25, 0.3) is 39.3 Å². The van der Waals surface area contributed by atoms with Gasteiger partial charge in [0.25, 0.3) is 0 Å². The van der Waals surface area contributed by atoms with Gasteiger partial charge in [-0.15, -0.1) is 0 Å². The standard InChI is InChI=1S/C34H38N4O3/c1-8-20-16(3)24-13-26-18(5)22(10-11-31(40)41-7)33(37-26)23-12-30(39)32-19(6)27(38-34(23)32)15-29-21(9-2)17(4)25(36-29)14-28(20)35-24/h8,13-15,18,22,30,35-36,39H,1,9-12H2,2-7H3/t18-,22-,30-/m0/s1. The van der Waals surface area contributed by atoms with Gasteiger partial charge >= 0.3 is 5.97 Å². The van der Waals surface area contributed by atoms with E-state index >= 15 is 0 Å². The van der Waals surface area contributed by atoms with E-state index in [0.717, 1.165) is 79.1 Å². The van der Waals surface area contributed by atoms with Crippen molar-refractivity contribution in [2.45, 2.75) is 78.2 Å². The zero-order valence-corrected chi connectivity index (χ0v) is 24.7. The van der Waals surface area contributed by atoms with Gasteiger partial charge in [0.15, 0.2) is 0 Å². The molecule has 1 aliphatic carbocycles. The summed E-state index contributed by atoms with van der Waals surface area (Å²) in [4.78, 5) is 29.8. The van der Waals surface area contributed by atoms with Crippen molar-refractivity contribution in [3.8, 4) is 0 Å². The highest BCUT2D eigenvalue weighted by atomic mass is 16.5. The molecule has 3 aromatic rings. The van der Waals surface area contributed by atoms with Gasteiger partial charge in [0, 0.05) is 74.8 Å². The number of aliphatic hydroxyl groups excluding tert-OH is 1. The van der Waals surface area contributed by atoms with Gasteiger partial charge < -0.3 is 19.8 Å². The molecule has 0 fully saturated rings. The second kappa shape index (κ2) is 10.1. The number of H-pyrrole nitrogens is 2. The molecular formula is C34H38N4O3. The normalized spacial score (nSPS) is 19.6. The molecule has 41 heavy (non-hydrogen) atoms. The number of aliphatic hydroxyl groups is 1. The number of hydrogen-bond acceptors (Lipinski definition) is 5. The maximum absolute atomic E-state index is 12.2. The number of aromatic amines is 2. The van der Waals surface area contributed by atoms with Crippen LogP contribution in [0.4, 0.5) is 0 Å². The Bertz CT molecular complexity index is 1810. The fourth-order valence-corrected chi connectivity index (χ4v) is 6.97. The van der Waals surface area contributed by atoms with Crippen LogP contribution >= 0.6 is 0 Å². The molecule has 0 aromatic carbocycles. The minimum absolute atomic E-state index is 0.00804. The third-order valence-electron chi connectivity index (χ3n) is 9.40. The molecule has 3 atom stereocenters. The van der Waals surface area contributed by atoms with Crippen molar-refractivity contribution in [2.24, 2.45) is 0 Å². The number of aromatic nitrogens is 4. The summed E-state index contributed by atoms with van der Waals surface area (Å²) < 4.78 is 4.97. The van der Waals surface area contributed by atoms with Gasteiger partial charge in [-0.25, -0.2) is 4.98 Å². The lowest BCUT2D eigenvalue weighted by Crippen LogP contribution is -2.10. The molecule has 3 aliphatic rings. The summed E-state index contributed by atoms with van der Waals surface area (Å²) in [5, 5.41) is 11.3. The number of nitrogens with one attached hydrogen (secondary N) is 2. The molecule has 5 heterocycles. The number of nitrogens with zero attached hydrogens (tertiary/aromatic N) is 2. The van der Waals surface area contributed by atoms with E-state index in [0.29, 0.717) is 19.3 Å². The number of esters is 1. The summed E-state index contributed by atoms with van der Waals surface area (Å²) in [5.74, 6) is -0.149. The first-order valence-corrected chi connectivity index (χ1v) is 14.5. The van der Waals surface area contributed by atoms with Gasteiger partial charge in [-0.1, -0.05) is 26.5 Å². The van der Waals surface area contributed by atoms with E-state index in [1.807, 2.05) is 13.0 Å². The maximum Gasteiger partial charge on any atom is 0.305 e. The van der Waals surface area contributed by atoms with Crippen LogP contribution in [0.1, 0.15) is 96.0 Å². The van der Waals surface area contributed by atoms with Crippen molar-refractivity contribution < 1.29 is 14.6 Å². The Morgan fingerprint density at radius 1 is 1.10 bits per heavy atom. The van der Waals surface area contributed by atoms with Crippen LogP contribution in [0.3, 0.4) is 0 Å². The third kappa shape index (κ3) is 4.25. The topological polar surface area (TPSA) is 104 Å². The minimum Gasteiger partial charge on any atom is -0.469 e. The molecule has 3 N–H and O–H groups in total. The van der Waals surface area contributed by atoms with Gasteiger partial charge in [0.1, 0.15) is 0 Å². The van der Waals surface area contributed by atoms with Gasteiger partial charge in [-0.3, -0.25) is 9.78 Å². The molecule has 0 saturated heterocycles. The Labute approximate surface area is 240 Å². The summed E-state index contributed by atoms with van der Waals surface area (Å²) in [5.41, 5.74) is 15.1. The van der Waals surface area contributed by atoms with Crippen LogP contribution in [0.5, 0.6) is 0 Å². The van der Waals surface area contributed by atoms with E-state index in [-0.39, 0.29) is 17.8 Å². The maximum atomic E-state index is 12.2. The fourth-order valence-electron chi connectivity index (χ4n) is 6.97. The van der Waals surface area contributed by atoms with Crippen LogP contribution in [0.2, 0.25) is 0 Å². The van der Waals surface area contributed by atoms with Crippen molar-refractivity contribution in [1.82, 2.24) is 19.9 Å². The predicted molar refractivity (Wildman–Crippen MR) is 165 cm³/mol. The number of aryl methyl sites for hydroxylation is 3. The molecular weight excluding hydrogens is 512 g/mol. The molecule has 2 aliphatic heterocycles. The molecule has 0 unspecified atom stereocenters. The first-order chi connectivity index (χ1) is 19.7. The zero-order valence-electron chi connectivity index (χ0n) is 24.7. The number of methoxy groups -OCH3 is 1. The molecule has 7 nitrogen and oxygen atoms in total. The molecule has 6 rings (SSSR count). The molecule has 3 aromatic heterocycles. The largest absolute Gasteiger partial charge is 0.469 e. The summed E-state index contributed by atoms with van der Waals surface area (Å²) in [6.07, 6.45) is 3.54. The molecule has 0 radical (unpaired) electrons. The van der Waals surface area contributed by atoms with E-state index in [9.17, 15) is 9.90 Å². The number of fused-ring (bicyclic) bond motifs is 8. The van der Waals surface area contributed by atoms with Crippen molar-refractivity contribution in [2.75, 3.05) is 7.11 Å². The lowest BCUT2D eigenvalue weighted by Gasteiger charge is -2.16. The summed E-state index contributed by atoms with van der Waals surface area (Å²) in [6.45, 7) is 14.8. The van der Waals surface area contributed by atoms with Crippen molar-refractivity contribution in [1.29, 1.82) is 0 Å². The minimum atomic E-state index is -0.635. The Hall–Kier alpha value is -3.97. The summed E-state index contributed by atoms with van der Waals surface area (Å²) in [6, 6.07) is 6.41. The van der Waals surface area contributed by atoms with E-state index in [4.69, 9.17) is 14.7 Å². The smallest absolute Gasteiger partial charge is 0.305 e. The molecule has 212 valence electrons. The van der Waals surface area contributed by atoms with Crippen LogP contribution in [-0.2, 0) is 22.4 Å². The average Bonchev–Trinajstić information content (AvgIpc) is 3.70. The van der Waals surface area contributed by atoms with Gasteiger partial charge in [-0.2, -0.15) is 0 Å². The zero-order chi connectivity index (χ0) is 29.2. The van der Waals surface area contributed by atoms with Crippen LogP contribution in [0, 0.1) is 13.8 Å². The van der Waals surface area contributed by atoms with Gasteiger partial charge in [0.05, 0.1) is 24.6 Å². The monoisotopic (exact) mass is 550 g/mol. The Morgan fingerprint density at radius 2 is 1.83 bits per heavy atom. The quantitative estimate of drug-likeness (QED) is 0.302. The second-order valence-corrected chi connectivity index (χ2v) is 11.6. The third-order valence-corrected chi connectivity index (χ3v) is 9.40. The number of ether oxygens (including phenoxy) is 1. The number of allylic oxidation sites excluding steroid dienone is 1. The van der Waals surface area contributed by atoms with Crippen LogP contribution in [-0.4, -0.2) is 44.2 Å². The average molecular weight is 551 g/mol. The van der Waals surface area contributed by atoms with Crippen LogP contribution < -0.4 is 0 Å². The lowest BCUT2D eigenvalue weighted by atomic mass is 9.85. The highest BCUT2D eigenvalue weighted by molar-refractivity contribution is 5.96. The molecule has 0 amide bonds. The van der Waals surface area contributed by atoms with Crippen molar-refractivity contribution in [3.63, 3.8) is 0 Å². The SMILES string of the molecule is C=Cc1c(C)c2cc3nc(c4c5nc(cc6[nH]c(cc1[nH]2)c(C)c6CC)C(C)=C5[C@@H](O)C4)[C@@H](CCC(=O)OC)[C@@H]3C. The summed E-state index contributed by atoms with van der Waals surface area (Å²) in [7, 11) is 1.43. The van der Waals surface area contributed by atoms with E-state index in [2.05, 4.69) is 62.4 Å². The number of hydrogen-bond donors (Lipinski definition) is 3. The second-order valence-electron chi connectivity index (χ2n) is 11.6. The molecule has 0 saturated carbocycles.